The van der Waals surface area contributed by atoms with E-state index < -0.39 is 23.2 Å². The number of ketones is 1. The fourth-order valence-electron chi connectivity index (χ4n) is 9.37. The Labute approximate surface area is 327 Å². The van der Waals surface area contributed by atoms with E-state index >= 15 is 0 Å². The van der Waals surface area contributed by atoms with E-state index in [0.29, 0.717) is 61.4 Å². The molecule has 9 rings (SSSR count). The Balaban J connectivity index is 1.17. The Hall–Kier alpha value is -4.34. The van der Waals surface area contributed by atoms with Crippen LogP contribution in [-0.2, 0) is 11.2 Å². The van der Waals surface area contributed by atoms with Gasteiger partial charge in [0.05, 0.1) is 35.8 Å². The highest BCUT2D eigenvalue weighted by atomic mass is 32.1. The highest BCUT2D eigenvalue weighted by Crippen LogP contribution is 2.59. The maximum Gasteiger partial charge on any atom is 0.415 e. The zero-order valence-corrected chi connectivity index (χ0v) is 32.7. The van der Waals surface area contributed by atoms with Gasteiger partial charge < -0.3 is 24.6 Å². The third kappa shape index (κ3) is 7.75. The molecular weight excluding hydrogens is 707 g/mol. The van der Waals surface area contributed by atoms with Crippen molar-refractivity contribution in [2.45, 2.75) is 95.4 Å². The lowest BCUT2D eigenvalue weighted by molar-refractivity contribution is -0.0831. The highest BCUT2D eigenvalue weighted by molar-refractivity contribution is 7.21. The minimum atomic E-state index is -1.29. The Bertz CT molecular complexity index is 2200. The number of thiophene rings is 1. The number of nitrogens with zero attached hydrogens (tertiary/aromatic N) is 1. The van der Waals surface area contributed by atoms with Gasteiger partial charge in [0, 0.05) is 22.3 Å². The first-order valence-corrected chi connectivity index (χ1v) is 20.7. The van der Waals surface area contributed by atoms with Gasteiger partial charge in [0.25, 0.3) is 0 Å². The third-order valence-electron chi connectivity index (χ3n) is 12.7. The minimum absolute atomic E-state index is 0.0351. The Morgan fingerprint density at radius 1 is 0.927 bits per heavy atom. The second kappa shape index (κ2) is 15.7. The van der Waals surface area contributed by atoms with E-state index in [4.69, 9.17) is 9.47 Å². The van der Waals surface area contributed by atoms with Crippen molar-refractivity contribution in [2.75, 3.05) is 19.7 Å². The van der Waals surface area contributed by atoms with Gasteiger partial charge in [-0.1, -0.05) is 79.2 Å². The van der Waals surface area contributed by atoms with Gasteiger partial charge in [-0.05, 0) is 128 Å². The molecule has 2 heterocycles. The van der Waals surface area contributed by atoms with Crippen LogP contribution in [0.2, 0.25) is 0 Å². The predicted molar refractivity (Wildman–Crippen MR) is 219 cm³/mol. The molecular formula is C47H51NO6S. The average molecular weight is 758 g/mol. The Morgan fingerprint density at radius 2 is 1.73 bits per heavy atom. The van der Waals surface area contributed by atoms with Crippen molar-refractivity contribution in [2.24, 2.45) is 5.41 Å². The molecule has 1 saturated carbocycles. The maximum atomic E-state index is 14.6. The summed E-state index contributed by atoms with van der Waals surface area (Å²) >= 11 is 1.50. The number of rotatable bonds is 7. The number of hydrogen-bond acceptors (Lipinski definition) is 7. The summed E-state index contributed by atoms with van der Waals surface area (Å²) in [5.41, 5.74) is 1.69. The van der Waals surface area contributed by atoms with E-state index in [-0.39, 0.29) is 24.3 Å². The van der Waals surface area contributed by atoms with Crippen molar-refractivity contribution < 1.29 is 29.3 Å². The van der Waals surface area contributed by atoms with Gasteiger partial charge in [-0.15, -0.1) is 11.3 Å². The summed E-state index contributed by atoms with van der Waals surface area (Å²) in [6.45, 7) is 5.32. The summed E-state index contributed by atoms with van der Waals surface area (Å²) in [5, 5.41) is 27.2. The second-order valence-corrected chi connectivity index (χ2v) is 17.4. The van der Waals surface area contributed by atoms with Crippen molar-refractivity contribution in [3.63, 3.8) is 0 Å². The second-order valence-electron chi connectivity index (χ2n) is 16.3. The molecule has 286 valence electrons. The summed E-state index contributed by atoms with van der Waals surface area (Å²) < 4.78 is 13.2. The molecule has 3 aliphatic carbocycles. The van der Waals surface area contributed by atoms with E-state index in [1.54, 1.807) is 4.90 Å². The third-order valence-corrected chi connectivity index (χ3v) is 13.8. The number of allylic oxidation sites excluding steroid dienone is 2. The number of aliphatic hydroxyl groups excluding tert-OH is 1. The van der Waals surface area contributed by atoms with Crippen LogP contribution in [0.15, 0.2) is 103 Å². The SMILES string of the molecule is CC1=CCCC2(C)C(CCC2(O)CN(CC2CCCO2)C(=O)Oc2ccc3ccccc3c2)c2ccc(cc2C(=O)c2cc3ccccc3s2)CC(O)CC1. The van der Waals surface area contributed by atoms with Crippen LogP contribution in [0, 0.1) is 5.41 Å². The summed E-state index contributed by atoms with van der Waals surface area (Å²) in [4.78, 5) is 31.2. The van der Waals surface area contributed by atoms with Gasteiger partial charge in [0.1, 0.15) is 5.75 Å². The monoisotopic (exact) mass is 757 g/mol. The van der Waals surface area contributed by atoms with E-state index in [1.807, 2.05) is 78.9 Å². The van der Waals surface area contributed by atoms with Crippen molar-refractivity contribution in [3.8, 4) is 5.75 Å². The van der Waals surface area contributed by atoms with Gasteiger partial charge in [0.2, 0.25) is 5.78 Å². The molecule has 2 N–H and O–H groups in total. The van der Waals surface area contributed by atoms with Gasteiger partial charge in [-0.2, -0.15) is 0 Å². The molecule has 7 nitrogen and oxygen atoms in total. The number of amides is 1. The largest absolute Gasteiger partial charge is 0.415 e. The number of benzene rings is 4. The molecule has 4 aliphatic rings. The van der Waals surface area contributed by atoms with Crippen molar-refractivity contribution in [1.82, 2.24) is 4.90 Å². The van der Waals surface area contributed by atoms with Crippen LogP contribution in [0.3, 0.4) is 0 Å². The molecule has 1 amide bonds. The molecule has 1 aliphatic heterocycles. The van der Waals surface area contributed by atoms with E-state index in [2.05, 4.69) is 32.1 Å². The van der Waals surface area contributed by atoms with Crippen molar-refractivity contribution in [1.29, 1.82) is 0 Å². The summed E-state index contributed by atoms with van der Waals surface area (Å²) in [5.74, 6) is 0.256. The zero-order valence-electron chi connectivity index (χ0n) is 31.8. The molecule has 5 unspecified atom stereocenters. The fourth-order valence-corrected chi connectivity index (χ4v) is 10.4. The van der Waals surface area contributed by atoms with E-state index in [0.717, 1.165) is 57.7 Å². The number of carbonyl (C=O) groups excluding carboxylic acids is 2. The standard InChI is InChI=1S/C47H51NO6S/c1-31-9-7-22-46(2)41(39-20-16-32(25-36(49)18-15-31)26-40(39)44(50)43-28-35-12-5-6-14-42(35)55-43)21-23-47(46,52)30-48(29-38-13-8-24-53-38)45(51)54-37-19-17-33-10-3-4-11-34(33)27-37/h3-6,9-12,14,16-17,19-20,26-28,36,38,41,49,52H,7-8,13,15,18,21-25,29-30H2,1-2H3. The zero-order chi connectivity index (χ0) is 38.2. The van der Waals surface area contributed by atoms with Crippen LogP contribution in [0.25, 0.3) is 20.9 Å². The minimum Gasteiger partial charge on any atom is -0.410 e. The molecule has 2 bridgehead atoms. The number of carbonyl (C=O) groups is 2. The number of aliphatic hydroxyl groups is 2. The Morgan fingerprint density at radius 3 is 2.53 bits per heavy atom. The molecule has 2 fully saturated rings. The Kier molecular flexibility index (Phi) is 10.7. The molecule has 1 saturated heterocycles. The van der Waals surface area contributed by atoms with Gasteiger partial charge >= 0.3 is 6.09 Å². The van der Waals surface area contributed by atoms with Crippen LogP contribution in [0.4, 0.5) is 4.79 Å². The van der Waals surface area contributed by atoms with E-state index in [9.17, 15) is 19.8 Å². The predicted octanol–water partition coefficient (Wildman–Crippen LogP) is 10.0. The number of ether oxygens (including phenoxy) is 2. The van der Waals surface area contributed by atoms with Crippen LogP contribution < -0.4 is 4.74 Å². The lowest BCUT2D eigenvalue weighted by Gasteiger charge is -2.46. The molecule has 8 heteroatoms. The normalized spacial score (nSPS) is 25.7. The van der Waals surface area contributed by atoms with Crippen LogP contribution in [-0.4, -0.2) is 64.5 Å². The van der Waals surface area contributed by atoms with E-state index in [1.165, 1.54) is 16.9 Å². The quantitative estimate of drug-likeness (QED) is 0.127. The first-order valence-electron chi connectivity index (χ1n) is 19.9. The molecule has 0 radical (unpaired) electrons. The lowest BCUT2D eigenvalue weighted by atomic mass is 9.64. The topological polar surface area (TPSA) is 96.3 Å². The fraction of sp³-hybridized carbons (Fsp3) is 0.404. The van der Waals surface area contributed by atoms with Crippen molar-refractivity contribution in [3.05, 3.63) is 124 Å². The van der Waals surface area contributed by atoms with Gasteiger partial charge in [0.15, 0.2) is 0 Å². The molecule has 5 aromatic rings. The molecule has 4 aromatic carbocycles. The first kappa shape index (κ1) is 37.6. The lowest BCUT2D eigenvalue weighted by Crippen LogP contribution is -2.55. The van der Waals surface area contributed by atoms with Crippen molar-refractivity contribution >= 4 is 44.1 Å². The average Bonchev–Trinajstić information content (AvgIpc) is 3.92. The molecule has 1 aromatic heterocycles. The highest BCUT2D eigenvalue weighted by Gasteiger charge is 2.58. The molecule has 5 atom stereocenters. The van der Waals surface area contributed by atoms with Crippen LogP contribution in [0.5, 0.6) is 5.75 Å². The molecule has 0 spiro atoms. The van der Waals surface area contributed by atoms with Gasteiger partial charge in [-0.3, -0.25) is 4.79 Å². The van der Waals surface area contributed by atoms with Gasteiger partial charge in [-0.25, -0.2) is 4.79 Å². The molecule has 55 heavy (non-hydrogen) atoms. The maximum absolute atomic E-state index is 14.6. The van der Waals surface area contributed by atoms with Crippen LogP contribution in [0.1, 0.15) is 97.5 Å². The summed E-state index contributed by atoms with van der Waals surface area (Å²) in [7, 11) is 0. The summed E-state index contributed by atoms with van der Waals surface area (Å²) in [6.07, 6.45) is 7.19. The number of fused-ring (bicyclic) bond motifs is 10. The number of hydrogen-bond donors (Lipinski definition) is 2. The van der Waals surface area contributed by atoms with Crippen LogP contribution >= 0.6 is 11.3 Å². The summed E-state index contributed by atoms with van der Waals surface area (Å²) in [6, 6.07) is 29.8. The smallest absolute Gasteiger partial charge is 0.410 e. The first-order chi connectivity index (χ1) is 26.6.